The summed E-state index contributed by atoms with van der Waals surface area (Å²) in [6.45, 7) is 0. The van der Waals surface area contributed by atoms with Gasteiger partial charge in [0, 0.05) is 5.56 Å². The second-order valence-corrected chi connectivity index (χ2v) is 4.64. The molecule has 1 aromatic heterocycles. The van der Waals surface area contributed by atoms with Crippen LogP contribution in [0.3, 0.4) is 0 Å². The van der Waals surface area contributed by atoms with Crippen molar-refractivity contribution in [2.45, 2.75) is 6.18 Å². The number of benzene rings is 1. The van der Waals surface area contributed by atoms with Gasteiger partial charge < -0.3 is 10.7 Å². The molecule has 0 unspecified atom stereocenters. The number of alkyl halides is 3. The lowest BCUT2D eigenvalue weighted by Crippen LogP contribution is -2.08. The molecular formula is C10H6BrClF3N3. The second kappa shape index (κ2) is 4.47. The van der Waals surface area contributed by atoms with Crippen molar-refractivity contribution >= 4 is 33.3 Å². The molecule has 0 amide bonds. The van der Waals surface area contributed by atoms with E-state index in [9.17, 15) is 13.2 Å². The van der Waals surface area contributed by atoms with Crippen LogP contribution >= 0.6 is 27.5 Å². The van der Waals surface area contributed by atoms with E-state index in [-0.39, 0.29) is 22.2 Å². The molecule has 0 radical (unpaired) electrons. The Bertz CT molecular complexity index is 575. The molecule has 0 saturated heterocycles. The van der Waals surface area contributed by atoms with Gasteiger partial charge in [-0.1, -0.05) is 17.7 Å². The number of rotatable bonds is 1. The molecule has 0 bridgehead atoms. The number of nitrogens with two attached hydrogens (primary N) is 1. The smallest absolute Gasteiger partial charge is 0.381 e. The molecule has 0 aliphatic rings. The van der Waals surface area contributed by atoms with Gasteiger partial charge in [0.1, 0.15) is 10.4 Å². The van der Waals surface area contributed by atoms with E-state index in [1.165, 1.54) is 12.1 Å². The lowest BCUT2D eigenvalue weighted by Gasteiger charge is -2.12. The Kier molecular flexibility index (Phi) is 3.29. The summed E-state index contributed by atoms with van der Waals surface area (Å²) >= 11 is 8.86. The first kappa shape index (κ1) is 13.2. The van der Waals surface area contributed by atoms with Crippen molar-refractivity contribution in [1.29, 1.82) is 0 Å². The minimum atomic E-state index is -4.52. The van der Waals surface area contributed by atoms with Crippen molar-refractivity contribution in [3.63, 3.8) is 0 Å². The van der Waals surface area contributed by atoms with Gasteiger partial charge in [0.25, 0.3) is 0 Å². The van der Waals surface area contributed by atoms with Crippen molar-refractivity contribution in [3.8, 4) is 11.4 Å². The van der Waals surface area contributed by atoms with Gasteiger partial charge in [0.05, 0.1) is 10.6 Å². The van der Waals surface area contributed by atoms with Crippen LogP contribution in [0.5, 0.6) is 0 Å². The van der Waals surface area contributed by atoms with Gasteiger partial charge >= 0.3 is 6.18 Å². The lowest BCUT2D eigenvalue weighted by molar-refractivity contribution is -0.137. The Morgan fingerprint density at radius 1 is 1.33 bits per heavy atom. The average molecular weight is 341 g/mol. The predicted octanol–water partition coefficient (Wildman–Crippen LogP) is 4.09. The highest BCUT2D eigenvalue weighted by atomic mass is 79.9. The van der Waals surface area contributed by atoms with E-state index in [0.717, 1.165) is 6.07 Å². The molecule has 2 aromatic rings. The first-order valence-electron chi connectivity index (χ1n) is 4.67. The molecule has 18 heavy (non-hydrogen) atoms. The third kappa shape index (κ3) is 2.32. The molecule has 0 aliphatic carbocycles. The number of anilines is 1. The zero-order chi connectivity index (χ0) is 13.5. The normalized spacial score (nSPS) is 11.8. The van der Waals surface area contributed by atoms with Crippen LogP contribution in [0.2, 0.25) is 5.02 Å². The Hall–Kier alpha value is -1.21. The summed E-state index contributed by atoms with van der Waals surface area (Å²) in [6.07, 6.45) is -4.52. The molecule has 0 spiro atoms. The number of halogens is 5. The molecule has 8 heteroatoms. The number of aromatic nitrogens is 2. The number of aromatic amines is 1. The van der Waals surface area contributed by atoms with E-state index in [2.05, 4.69) is 25.9 Å². The van der Waals surface area contributed by atoms with E-state index >= 15 is 0 Å². The highest BCUT2D eigenvalue weighted by Crippen LogP contribution is 2.40. The van der Waals surface area contributed by atoms with E-state index in [4.69, 9.17) is 17.3 Å². The van der Waals surface area contributed by atoms with Crippen LogP contribution in [0, 0.1) is 0 Å². The Labute approximate surface area is 113 Å². The first-order valence-corrected chi connectivity index (χ1v) is 5.85. The van der Waals surface area contributed by atoms with Gasteiger partial charge in [-0.15, -0.1) is 0 Å². The molecule has 2 rings (SSSR count). The minimum absolute atomic E-state index is 0.0303. The van der Waals surface area contributed by atoms with Crippen molar-refractivity contribution in [3.05, 3.63) is 33.4 Å². The maximum absolute atomic E-state index is 12.9. The summed E-state index contributed by atoms with van der Waals surface area (Å²) in [5, 5.41) is -0.0499. The van der Waals surface area contributed by atoms with Crippen molar-refractivity contribution in [2.75, 3.05) is 5.73 Å². The van der Waals surface area contributed by atoms with Gasteiger partial charge in [-0.2, -0.15) is 13.2 Å². The molecule has 1 aromatic carbocycles. The SMILES string of the molecule is Nc1nc(-c2c(Cl)cccc2C(F)(F)F)[nH]c1Br. The number of hydrogen-bond acceptors (Lipinski definition) is 2. The topological polar surface area (TPSA) is 54.7 Å². The number of nitrogens with one attached hydrogen (secondary N) is 1. The molecule has 96 valence electrons. The van der Waals surface area contributed by atoms with Gasteiger partial charge in [-0.25, -0.2) is 4.98 Å². The zero-order valence-electron chi connectivity index (χ0n) is 8.65. The fourth-order valence-electron chi connectivity index (χ4n) is 1.48. The van der Waals surface area contributed by atoms with Crippen LogP contribution in [-0.4, -0.2) is 9.97 Å². The molecule has 0 aliphatic heterocycles. The molecule has 0 saturated carbocycles. The van der Waals surface area contributed by atoms with Gasteiger partial charge in [0.2, 0.25) is 0 Å². The lowest BCUT2D eigenvalue weighted by atomic mass is 10.1. The quantitative estimate of drug-likeness (QED) is 0.821. The van der Waals surface area contributed by atoms with Crippen molar-refractivity contribution in [1.82, 2.24) is 9.97 Å². The fraction of sp³-hybridized carbons (Fsp3) is 0.100. The summed E-state index contributed by atoms with van der Waals surface area (Å²) in [5.74, 6) is 0.0374. The van der Waals surface area contributed by atoms with Crippen molar-refractivity contribution in [2.24, 2.45) is 0 Å². The standard InChI is InChI=1S/C10H6BrClF3N3/c11-7-8(16)18-9(17-7)6-4(10(13,14)15)2-1-3-5(6)12/h1-3H,16H2,(H,17,18). The van der Waals surface area contributed by atoms with Crippen LogP contribution in [0.15, 0.2) is 22.8 Å². The van der Waals surface area contributed by atoms with Crippen LogP contribution < -0.4 is 5.73 Å². The van der Waals surface area contributed by atoms with Crippen LogP contribution in [0.4, 0.5) is 19.0 Å². The maximum Gasteiger partial charge on any atom is 0.417 e. The predicted molar refractivity (Wildman–Crippen MR) is 66.1 cm³/mol. The highest BCUT2D eigenvalue weighted by molar-refractivity contribution is 9.10. The highest BCUT2D eigenvalue weighted by Gasteiger charge is 2.35. The fourth-order valence-corrected chi connectivity index (χ4v) is 2.03. The number of hydrogen-bond donors (Lipinski definition) is 2. The summed E-state index contributed by atoms with van der Waals surface area (Å²) < 4.78 is 38.9. The van der Waals surface area contributed by atoms with E-state index < -0.39 is 11.7 Å². The van der Waals surface area contributed by atoms with E-state index in [0.29, 0.717) is 4.60 Å². The van der Waals surface area contributed by atoms with Gasteiger partial charge in [0.15, 0.2) is 5.82 Å². The van der Waals surface area contributed by atoms with Crippen LogP contribution in [0.25, 0.3) is 11.4 Å². The third-order valence-electron chi connectivity index (χ3n) is 2.24. The molecule has 0 fully saturated rings. The first-order chi connectivity index (χ1) is 8.30. The molecule has 0 atom stereocenters. The number of nitrogens with zero attached hydrogens (tertiary/aromatic N) is 1. The summed E-state index contributed by atoms with van der Waals surface area (Å²) in [4.78, 5) is 6.42. The molecule has 3 N–H and O–H groups in total. The molecular weight excluding hydrogens is 334 g/mol. The second-order valence-electron chi connectivity index (χ2n) is 3.44. The van der Waals surface area contributed by atoms with Gasteiger partial charge in [-0.3, -0.25) is 0 Å². The van der Waals surface area contributed by atoms with Crippen LogP contribution in [0.1, 0.15) is 5.56 Å². The molecule has 3 nitrogen and oxygen atoms in total. The summed E-state index contributed by atoms with van der Waals surface area (Å²) in [7, 11) is 0. The van der Waals surface area contributed by atoms with Crippen molar-refractivity contribution < 1.29 is 13.2 Å². The van der Waals surface area contributed by atoms with E-state index in [1.807, 2.05) is 0 Å². The number of nitrogen functional groups attached to an aromatic ring is 1. The monoisotopic (exact) mass is 339 g/mol. The Morgan fingerprint density at radius 3 is 2.50 bits per heavy atom. The van der Waals surface area contributed by atoms with Gasteiger partial charge in [-0.05, 0) is 28.1 Å². The Morgan fingerprint density at radius 2 is 2.00 bits per heavy atom. The summed E-state index contributed by atoms with van der Waals surface area (Å²) in [5.41, 5.74) is 4.39. The number of imidazole rings is 1. The zero-order valence-corrected chi connectivity index (χ0v) is 11.0. The Balaban J connectivity index is 2.70. The van der Waals surface area contributed by atoms with E-state index in [1.54, 1.807) is 0 Å². The number of H-pyrrole nitrogens is 1. The molecule has 1 heterocycles. The maximum atomic E-state index is 12.9. The third-order valence-corrected chi connectivity index (χ3v) is 3.16. The average Bonchev–Trinajstić information content (AvgIpc) is 2.57. The largest absolute Gasteiger partial charge is 0.417 e. The summed E-state index contributed by atoms with van der Waals surface area (Å²) in [6, 6.07) is 3.53. The van der Waals surface area contributed by atoms with Crippen LogP contribution in [-0.2, 0) is 6.18 Å². The minimum Gasteiger partial charge on any atom is -0.381 e.